The Hall–Kier alpha value is -2.62. The minimum Gasteiger partial charge on any atom is -0.497 e. The van der Waals surface area contributed by atoms with Crippen LogP contribution in [-0.2, 0) is 0 Å². The van der Waals surface area contributed by atoms with Gasteiger partial charge < -0.3 is 9.47 Å². The number of benzene rings is 2. The van der Waals surface area contributed by atoms with Crippen LogP contribution in [0.1, 0.15) is 30.4 Å². The fourth-order valence-corrected chi connectivity index (χ4v) is 3.66. The number of fused-ring (bicyclic) bond motifs is 2. The molecule has 4 heteroatoms. The summed E-state index contributed by atoms with van der Waals surface area (Å²) in [6.07, 6.45) is 3.28. The van der Waals surface area contributed by atoms with Gasteiger partial charge in [0.05, 0.1) is 20.3 Å². The number of azo groups is 1. The summed E-state index contributed by atoms with van der Waals surface area (Å²) in [6.45, 7) is 0. The minimum absolute atomic E-state index is 0.170. The molecule has 0 bridgehead atoms. The average Bonchev–Trinajstić information content (AvgIpc) is 3.02. The monoisotopic (exact) mass is 320 g/mol. The van der Waals surface area contributed by atoms with Crippen LogP contribution in [0, 0.1) is 0 Å². The standard InChI is InChI=1S/C20H20N2O2/c1-23-14-7-3-6-13(12-14)19-15-8-4-10-17(15)21-22-20-16(19)9-5-11-18(20)24-2/h3,5-7,9,11-12,17H,4,8,10H2,1-2H3. The molecule has 0 radical (unpaired) electrons. The van der Waals surface area contributed by atoms with E-state index in [1.807, 2.05) is 24.3 Å². The van der Waals surface area contributed by atoms with Crippen LogP contribution in [0.3, 0.4) is 0 Å². The lowest BCUT2D eigenvalue weighted by Crippen LogP contribution is -2.02. The molecule has 0 saturated heterocycles. The zero-order valence-corrected chi connectivity index (χ0v) is 14.0. The third-order valence-corrected chi connectivity index (χ3v) is 4.79. The van der Waals surface area contributed by atoms with E-state index in [0.717, 1.165) is 47.6 Å². The van der Waals surface area contributed by atoms with Gasteiger partial charge >= 0.3 is 0 Å². The number of rotatable bonds is 3. The zero-order valence-electron chi connectivity index (χ0n) is 14.0. The van der Waals surface area contributed by atoms with Gasteiger partial charge in [-0.1, -0.05) is 24.3 Å². The Morgan fingerprint density at radius 3 is 2.75 bits per heavy atom. The molecule has 122 valence electrons. The predicted molar refractivity (Wildman–Crippen MR) is 94.2 cm³/mol. The SMILES string of the molecule is COc1cccc(C2=C3CCCC3N=Nc3c(OC)cccc32)c1. The third-order valence-electron chi connectivity index (χ3n) is 4.79. The largest absolute Gasteiger partial charge is 0.497 e. The Morgan fingerprint density at radius 1 is 1.04 bits per heavy atom. The molecule has 24 heavy (non-hydrogen) atoms. The lowest BCUT2D eigenvalue weighted by molar-refractivity contribution is 0.414. The number of nitrogens with zero attached hydrogens (tertiary/aromatic N) is 2. The Kier molecular flexibility index (Phi) is 3.81. The molecule has 4 rings (SSSR count). The topological polar surface area (TPSA) is 43.2 Å². The highest BCUT2D eigenvalue weighted by Crippen LogP contribution is 2.46. The molecule has 1 fully saturated rings. The average molecular weight is 320 g/mol. The summed E-state index contributed by atoms with van der Waals surface area (Å²) in [4.78, 5) is 0. The first kappa shape index (κ1) is 14.9. The van der Waals surface area contributed by atoms with Crippen LogP contribution in [0.15, 0.2) is 58.3 Å². The first-order valence-corrected chi connectivity index (χ1v) is 8.27. The summed E-state index contributed by atoms with van der Waals surface area (Å²) in [7, 11) is 3.37. The van der Waals surface area contributed by atoms with Crippen LogP contribution >= 0.6 is 0 Å². The number of ether oxygens (including phenoxy) is 2. The molecule has 1 saturated carbocycles. The molecule has 1 heterocycles. The second kappa shape index (κ2) is 6.11. The van der Waals surface area contributed by atoms with Gasteiger partial charge in [-0.3, -0.25) is 0 Å². The maximum atomic E-state index is 5.52. The Balaban J connectivity index is 1.99. The molecule has 0 spiro atoms. The second-order valence-electron chi connectivity index (χ2n) is 6.11. The molecule has 1 unspecified atom stereocenters. The quantitative estimate of drug-likeness (QED) is 0.784. The molecule has 1 atom stereocenters. The summed E-state index contributed by atoms with van der Waals surface area (Å²) in [5.41, 5.74) is 5.66. The second-order valence-corrected chi connectivity index (χ2v) is 6.11. The summed E-state index contributed by atoms with van der Waals surface area (Å²) in [5.74, 6) is 1.62. The van der Waals surface area contributed by atoms with Crippen LogP contribution in [0.25, 0.3) is 5.57 Å². The summed E-state index contributed by atoms with van der Waals surface area (Å²) >= 11 is 0. The van der Waals surface area contributed by atoms with Crippen molar-refractivity contribution in [3.8, 4) is 11.5 Å². The van der Waals surface area contributed by atoms with E-state index < -0.39 is 0 Å². The predicted octanol–water partition coefficient (Wildman–Crippen LogP) is 5.16. The lowest BCUT2D eigenvalue weighted by Gasteiger charge is -2.16. The highest BCUT2D eigenvalue weighted by molar-refractivity contribution is 5.90. The van der Waals surface area contributed by atoms with Crippen molar-refractivity contribution in [2.75, 3.05) is 14.2 Å². The van der Waals surface area contributed by atoms with Crippen molar-refractivity contribution in [3.63, 3.8) is 0 Å². The van der Waals surface area contributed by atoms with Crippen molar-refractivity contribution >= 4 is 11.3 Å². The molecule has 2 aromatic rings. The van der Waals surface area contributed by atoms with Gasteiger partial charge in [-0.15, -0.1) is 0 Å². The molecule has 0 amide bonds. The molecule has 0 aromatic heterocycles. The molecule has 1 aliphatic heterocycles. The van der Waals surface area contributed by atoms with Gasteiger partial charge in [-0.25, -0.2) is 0 Å². The van der Waals surface area contributed by atoms with Gasteiger partial charge in [-0.2, -0.15) is 10.2 Å². The number of methoxy groups -OCH3 is 2. The summed E-state index contributed by atoms with van der Waals surface area (Å²) in [6, 6.07) is 14.5. The highest BCUT2D eigenvalue weighted by atomic mass is 16.5. The van der Waals surface area contributed by atoms with Crippen LogP contribution in [0.4, 0.5) is 5.69 Å². The molecular formula is C20H20N2O2. The third kappa shape index (κ3) is 2.39. The van der Waals surface area contributed by atoms with Gasteiger partial charge in [0, 0.05) is 5.56 Å². The lowest BCUT2D eigenvalue weighted by atomic mass is 9.90. The van der Waals surface area contributed by atoms with Crippen LogP contribution in [-0.4, -0.2) is 20.3 Å². The smallest absolute Gasteiger partial charge is 0.146 e. The first-order chi connectivity index (χ1) is 11.8. The maximum Gasteiger partial charge on any atom is 0.146 e. The van der Waals surface area contributed by atoms with Crippen molar-refractivity contribution in [1.82, 2.24) is 0 Å². The van der Waals surface area contributed by atoms with Gasteiger partial charge in [0.2, 0.25) is 0 Å². The van der Waals surface area contributed by atoms with Crippen LogP contribution in [0.5, 0.6) is 11.5 Å². The van der Waals surface area contributed by atoms with Gasteiger partial charge in [0.1, 0.15) is 17.2 Å². The van der Waals surface area contributed by atoms with E-state index >= 15 is 0 Å². The molecule has 4 nitrogen and oxygen atoms in total. The van der Waals surface area contributed by atoms with E-state index in [1.54, 1.807) is 14.2 Å². The van der Waals surface area contributed by atoms with Gasteiger partial charge in [0.25, 0.3) is 0 Å². The van der Waals surface area contributed by atoms with E-state index in [1.165, 1.54) is 11.1 Å². The maximum absolute atomic E-state index is 5.52. The number of hydrogen-bond donors (Lipinski definition) is 0. The molecular weight excluding hydrogens is 300 g/mol. The van der Waals surface area contributed by atoms with Gasteiger partial charge in [0.15, 0.2) is 0 Å². The van der Waals surface area contributed by atoms with Crippen molar-refractivity contribution in [2.45, 2.75) is 25.3 Å². The van der Waals surface area contributed by atoms with Crippen LogP contribution < -0.4 is 9.47 Å². The first-order valence-electron chi connectivity index (χ1n) is 8.27. The van der Waals surface area contributed by atoms with E-state index in [9.17, 15) is 0 Å². The van der Waals surface area contributed by atoms with E-state index in [4.69, 9.17) is 9.47 Å². The Morgan fingerprint density at radius 2 is 1.92 bits per heavy atom. The molecule has 0 N–H and O–H groups in total. The number of hydrogen-bond acceptors (Lipinski definition) is 4. The summed E-state index contributed by atoms with van der Waals surface area (Å²) < 4.78 is 10.9. The van der Waals surface area contributed by atoms with Crippen LogP contribution in [0.2, 0.25) is 0 Å². The van der Waals surface area contributed by atoms with Crippen molar-refractivity contribution in [1.29, 1.82) is 0 Å². The van der Waals surface area contributed by atoms with Crippen molar-refractivity contribution in [2.24, 2.45) is 10.2 Å². The van der Waals surface area contributed by atoms with Gasteiger partial charge in [-0.05, 0) is 54.2 Å². The minimum atomic E-state index is 0.170. The van der Waals surface area contributed by atoms with Crippen molar-refractivity contribution in [3.05, 3.63) is 59.2 Å². The fraction of sp³-hybridized carbons (Fsp3) is 0.300. The van der Waals surface area contributed by atoms with E-state index in [-0.39, 0.29) is 6.04 Å². The normalized spacial score (nSPS) is 18.8. The molecule has 2 aromatic carbocycles. The fourth-order valence-electron chi connectivity index (χ4n) is 3.66. The van der Waals surface area contributed by atoms with E-state index in [2.05, 4.69) is 28.4 Å². The molecule has 1 aliphatic carbocycles. The Bertz CT molecular complexity index is 839. The van der Waals surface area contributed by atoms with E-state index in [0.29, 0.717) is 0 Å². The van der Waals surface area contributed by atoms with Crippen molar-refractivity contribution < 1.29 is 9.47 Å². The summed E-state index contributed by atoms with van der Waals surface area (Å²) in [5, 5.41) is 9.15. The highest BCUT2D eigenvalue weighted by Gasteiger charge is 2.29. The zero-order chi connectivity index (χ0) is 16.5. The molecule has 2 aliphatic rings. The Labute approximate surface area is 141 Å².